The molecule has 2 N–H and O–H groups in total. The maximum atomic E-state index is 11.7. The van der Waals surface area contributed by atoms with Gasteiger partial charge in [0.05, 0.1) is 0 Å². The van der Waals surface area contributed by atoms with Crippen molar-refractivity contribution in [1.29, 1.82) is 0 Å². The minimum atomic E-state index is -0.955. The van der Waals surface area contributed by atoms with Crippen LogP contribution in [0.3, 0.4) is 0 Å². The van der Waals surface area contributed by atoms with Crippen molar-refractivity contribution in [3.8, 4) is 0 Å². The van der Waals surface area contributed by atoms with Gasteiger partial charge in [0.25, 0.3) is 0 Å². The highest BCUT2D eigenvalue weighted by Gasteiger charge is 2.25. The monoisotopic (exact) mass is 243 g/mol. The van der Waals surface area contributed by atoms with E-state index in [1.165, 1.54) is 0 Å². The Bertz CT molecular complexity index is 268. The SMILES string of the molecule is CCC[C@@H](NC(=O)CC(C)C(C)(C)C)C(=O)O. The lowest BCUT2D eigenvalue weighted by atomic mass is 9.80. The molecule has 0 aliphatic rings. The number of amides is 1. The van der Waals surface area contributed by atoms with Gasteiger partial charge in [-0.3, -0.25) is 4.79 Å². The summed E-state index contributed by atoms with van der Waals surface area (Å²) < 4.78 is 0. The van der Waals surface area contributed by atoms with Crippen molar-refractivity contribution < 1.29 is 14.7 Å². The Hall–Kier alpha value is -1.06. The van der Waals surface area contributed by atoms with Crippen LogP contribution in [-0.2, 0) is 9.59 Å². The van der Waals surface area contributed by atoms with Crippen LogP contribution in [0.25, 0.3) is 0 Å². The normalized spacial score (nSPS) is 15.1. The largest absolute Gasteiger partial charge is 0.480 e. The van der Waals surface area contributed by atoms with E-state index in [1.54, 1.807) is 0 Å². The quantitative estimate of drug-likeness (QED) is 0.753. The second kappa shape index (κ2) is 6.62. The molecular weight excluding hydrogens is 218 g/mol. The third kappa shape index (κ3) is 6.29. The van der Waals surface area contributed by atoms with E-state index in [4.69, 9.17) is 5.11 Å². The highest BCUT2D eigenvalue weighted by Crippen LogP contribution is 2.27. The van der Waals surface area contributed by atoms with Crippen LogP contribution in [-0.4, -0.2) is 23.0 Å². The number of rotatable bonds is 6. The number of aliphatic carboxylic acids is 1. The van der Waals surface area contributed by atoms with E-state index in [2.05, 4.69) is 26.1 Å². The van der Waals surface area contributed by atoms with Crippen LogP contribution in [0.5, 0.6) is 0 Å². The predicted molar refractivity (Wildman–Crippen MR) is 67.7 cm³/mol. The lowest BCUT2D eigenvalue weighted by Crippen LogP contribution is -2.41. The fraction of sp³-hybridized carbons (Fsp3) is 0.846. The number of hydrogen-bond acceptors (Lipinski definition) is 2. The molecule has 4 nitrogen and oxygen atoms in total. The molecule has 0 aromatic heterocycles. The summed E-state index contributed by atoms with van der Waals surface area (Å²) in [5, 5.41) is 11.5. The summed E-state index contributed by atoms with van der Waals surface area (Å²) in [4.78, 5) is 22.6. The third-order valence-electron chi connectivity index (χ3n) is 3.18. The van der Waals surface area contributed by atoms with Gasteiger partial charge < -0.3 is 10.4 Å². The molecule has 2 atom stereocenters. The number of carbonyl (C=O) groups excluding carboxylic acids is 1. The molecular formula is C13H25NO3. The molecule has 0 aromatic rings. The van der Waals surface area contributed by atoms with Gasteiger partial charge in [0.2, 0.25) is 5.91 Å². The van der Waals surface area contributed by atoms with E-state index in [0.29, 0.717) is 12.8 Å². The van der Waals surface area contributed by atoms with Crippen LogP contribution in [0.4, 0.5) is 0 Å². The first-order valence-corrected chi connectivity index (χ1v) is 6.20. The Morgan fingerprint density at radius 2 is 1.82 bits per heavy atom. The minimum absolute atomic E-state index is 0.0564. The number of carboxylic acid groups (broad SMARTS) is 1. The molecule has 0 aliphatic carbocycles. The van der Waals surface area contributed by atoms with Crippen molar-refractivity contribution in [3.05, 3.63) is 0 Å². The van der Waals surface area contributed by atoms with Crippen LogP contribution in [0.2, 0.25) is 0 Å². The van der Waals surface area contributed by atoms with Crippen LogP contribution in [0.1, 0.15) is 53.9 Å². The lowest BCUT2D eigenvalue weighted by molar-refractivity contribution is -0.142. The Balaban J connectivity index is 4.29. The van der Waals surface area contributed by atoms with E-state index in [-0.39, 0.29) is 17.2 Å². The van der Waals surface area contributed by atoms with E-state index in [1.807, 2.05) is 13.8 Å². The van der Waals surface area contributed by atoms with Crippen LogP contribution in [0, 0.1) is 11.3 Å². The molecule has 0 heterocycles. The lowest BCUT2D eigenvalue weighted by Gasteiger charge is -2.27. The van der Waals surface area contributed by atoms with E-state index in [0.717, 1.165) is 6.42 Å². The molecule has 0 saturated heterocycles. The summed E-state index contributed by atoms with van der Waals surface area (Å²) in [5.41, 5.74) is 0.0564. The predicted octanol–water partition coefficient (Wildman–Crippen LogP) is 2.43. The Kier molecular flexibility index (Phi) is 6.21. The molecule has 1 amide bonds. The van der Waals surface area contributed by atoms with E-state index < -0.39 is 12.0 Å². The molecule has 0 radical (unpaired) electrons. The number of carbonyl (C=O) groups is 2. The number of nitrogens with one attached hydrogen (secondary N) is 1. The molecule has 0 saturated carbocycles. The van der Waals surface area contributed by atoms with Gasteiger partial charge in [-0.15, -0.1) is 0 Å². The van der Waals surface area contributed by atoms with E-state index in [9.17, 15) is 9.59 Å². The number of carboxylic acids is 1. The minimum Gasteiger partial charge on any atom is -0.480 e. The van der Waals surface area contributed by atoms with Gasteiger partial charge in [-0.1, -0.05) is 41.0 Å². The fourth-order valence-corrected chi connectivity index (χ4v) is 1.38. The zero-order valence-corrected chi connectivity index (χ0v) is 11.5. The maximum Gasteiger partial charge on any atom is 0.326 e. The molecule has 100 valence electrons. The summed E-state index contributed by atoms with van der Waals surface area (Å²) in [6.45, 7) is 10.1. The number of hydrogen-bond donors (Lipinski definition) is 2. The summed E-state index contributed by atoms with van der Waals surface area (Å²) >= 11 is 0. The molecule has 0 spiro atoms. The summed E-state index contributed by atoms with van der Waals surface area (Å²) in [6, 6.07) is -0.750. The van der Waals surface area contributed by atoms with Crippen LogP contribution < -0.4 is 5.32 Å². The highest BCUT2D eigenvalue weighted by molar-refractivity contribution is 5.83. The zero-order valence-electron chi connectivity index (χ0n) is 11.5. The van der Waals surface area contributed by atoms with Crippen molar-refractivity contribution in [2.45, 2.75) is 59.9 Å². The summed E-state index contributed by atoms with van der Waals surface area (Å²) in [6.07, 6.45) is 1.59. The first-order valence-electron chi connectivity index (χ1n) is 6.20. The van der Waals surface area contributed by atoms with Gasteiger partial charge in [0.1, 0.15) is 6.04 Å². The maximum absolute atomic E-state index is 11.7. The topological polar surface area (TPSA) is 66.4 Å². The van der Waals surface area contributed by atoms with Crippen LogP contribution in [0.15, 0.2) is 0 Å². The van der Waals surface area contributed by atoms with Crippen molar-refractivity contribution in [3.63, 3.8) is 0 Å². The van der Waals surface area contributed by atoms with Gasteiger partial charge in [-0.25, -0.2) is 4.79 Å². The smallest absolute Gasteiger partial charge is 0.326 e. The van der Waals surface area contributed by atoms with Crippen molar-refractivity contribution >= 4 is 11.9 Å². The first kappa shape index (κ1) is 15.9. The van der Waals surface area contributed by atoms with Crippen molar-refractivity contribution in [2.24, 2.45) is 11.3 Å². The standard InChI is InChI=1S/C13H25NO3/c1-6-7-10(12(16)17)14-11(15)8-9(2)13(3,4)5/h9-10H,6-8H2,1-5H3,(H,14,15)(H,16,17)/t9?,10-/m1/s1. The molecule has 0 aliphatic heterocycles. The Morgan fingerprint density at radius 3 is 2.18 bits per heavy atom. The van der Waals surface area contributed by atoms with Crippen molar-refractivity contribution in [2.75, 3.05) is 0 Å². The molecule has 0 fully saturated rings. The molecule has 17 heavy (non-hydrogen) atoms. The Morgan fingerprint density at radius 1 is 1.29 bits per heavy atom. The first-order chi connectivity index (χ1) is 7.68. The molecule has 0 rings (SSSR count). The van der Waals surface area contributed by atoms with Crippen molar-refractivity contribution in [1.82, 2.24) is 5.32 Å². The van der Waals surface area contributed by atoms with Gasteiger partial charge in [0, 0.05) is 6.42 Å². The Labute approximate surface area is 104 Å². The summed E-state index contributed by atoms with van der Waals surface area (Å²) in [5.74, 6) is -0.907. The van der Waals surface area contributed by atoms with Gasteiger partial charge >= 0.3 is 5.97 Å². The molecule has 0 aromatic carbocycles. The van der Waals surface area contributed by atoms with Gasteiger partial charge in [-0.05, 0) is 17.8 Å². The fourth-order valence-electron chi connectivity index (χ4n) is 1.38. The molecule has 4 heteroatoms. The average molecular weight is 243 g/mol. The van der Waals surface area contributed by atoms with Gasteiger partial charge in [0.15, 0.2) is 0 Å². The molecule has 1 unspecified atom stereocenters. The van der Waals surface area contributed by atoms with E-state index >= 15 is 0 Å². The average Bonchev–Trinajstić information content (AvgIpc) is 2.15. The highest BCUT2D eigenvalue weighted by atomic mass is 16.4. The van der Waals surface area contributed by atoms with Gasteiger partial charge in [-0.2, -0.15) is 0 Å². The van der Waals surface area contributed by atoms with Crippen LogP contribution >= 0.6 is 0 Å². The second-order valence-electron chi connectivity index (χ2n) is 5.72. The molecule has 0 bridgehead atoms. The summed E-state index contributed by atoms with van der Waals surface area (Å²) in [7, 11) is 0. The zero-order chi connectivity index (χ0) is 13.6. The second-order valence-corrected chi connectivity index (χ2v) is 5.72. The third-order valence-corrected chi connectivity index (χ3v) is 3.18.